The molecule has 0 radical (unpaired) electrons. The Morgan fingerprint density at radius 2 is 2.07 bits per heavy atom. The lowest BCUT2D eigenvalue weighted by molar-refractivity contribution is -0.107. The quantitative estimate of drug-likeness (QED) is 0.707. The summed E-state index contributed by atoms with van der Waals surface area (Å²) >= 11 is 0. The highest BCUT2D eigenvalue weighted by molar-refractivity contribution is 5.49. The van der Waals surface area contributed by atoms with Gasteiger partial charge in [-0.15, -0.1) is 0 Å². The fourth-order valence-corrected chi connectivity index (χ4v) is 1.44. The van der Waals surface area contributed by atoms with Crippen molar-refractivity contribution in [3.8, 4) is 5.69 Å². The molecule has 0 saturated carbocycles. The molecule has 0 bridgehead atoms. The van der Waals surface area contributed by atoms with Crippen LogP contribution in [0, 0.1) is 0 Å². The van der Waals surface area contributed by atoms with E-state index >= 15 is 0 Å². The summed E-state index contributed by atoms with van der Waals surface area (Å²) in [6.45, 7) is 0. The number of nitrogens with zero attached hydrogens (tertiary/aromatic N) is 2. The van der Waals surface area contributed by atoms with E-state index in [-0.39, 0.29) is 0 Å². The number of aldehydes is 1. The molecular formula is C12H12N2O. The van der Waals surface area contributed by atoms with Crippen molar-refractivity contribution in [1.29, 1.82) is 0 Å². The van der Waals surface area contributed by atoms with Gasteiger partial charge in [0.2, 0.25) is 0 Å². The summed E-state index contributed by atoms with van der Waals surface area (Å²) in [7, 11) is 0. The van der Waals surface area contributed by atoms with Gasteiger partial charge in [-0.2, -0.15) is 5.10 Å². The number of hydrogen-bond donors (Lipinski definition) is 0. The third-order valence-corrected chi connectivity index (χ3v) is 2.21. The van der Waals surface area contributed by atoms with Crippen molar-refractivity contribution in [3.63, 3.8) is 0 Å². The van der Waals surface area contributed by atoms with Crippen LogP contribution in [0.1, 0.15) is 12.0 Å². The van der Waals surface area contributed by atoms with Crippen LogP contribution in [-0.4, -0.2) is 16.1 Å². The standard InChI is InChI=1S/C12H12N2O/c15-8-4-5-11-9-13-14(10-11)12-6-2-1-3-7-12/h1-3,6-10H,4-5H2. The van der Waals surface area contributed by atoms with Crippen LogP contribution < -0.4 is 0 Å². The summed E-state index contributed by atoms with van der Waals surface area (Å²) in [5, 5.41) is 4.24. The second-order valence-electron chi connectivity index (χ2n) is 3.33. The number of hydrogen-bond acceptors (Lipinski definition) is 2. The summed E-state index contributed by atoms with van der Waals surface area (Å²) < 4.78 is 1.82. The Bertz CT molecular complexity index is 434. The zero-order valence-corrected chi connectivity index (χ0v) is 8.34. The van der Waals surface area contributed by atoms with E-state index in [2.05, 4.69) is 5.10 Å². The molecule has 0 unspecified atom stereocenters. The maximum Gasteiger partial charge on any atom is 0.120 e. The lowest BCUT2D eigenvalue weighted by Crippen LogP contribution is -1.92. The molecule has 0 saturated heterocycles. The molecule has 1 heterocycles. The van der Waals surface area contributed by atoms with Gasteiger partial charge in [0.25, 0.3) is 0 Å². The minimum Gasteiger partial charge on any atom is -0.303 e. The van der Waals surface area contributed by atoms with Crippen molar-refractivity contribution >= 4 is 6.29 Å². The molecule has 0 aliphatic carbocycles. The number of carbonyl (C=O) groups is 1. The van der Waals surface area contributed by atoms with E-state index in [1.165, 1.54) is 0 Å². The summed E-state index contributed by atoms with van der Waals surface area (Å²) in [6.07, 6.45) is 6.01. The van der Waals surface area contributed by atoms with Gasteiger partial charge in [0, 0.05) is 12.6 Å². The van der Waals surface area contributed by atoms with Crippen molar-refractivity contribution in [2.45, 2.75) is 12.8 Å². The lowest BCUT2D eigenvalue weighted by Gasteiger charge is -1.98. The molecule has 76 valence electrons. The number of carbonyl (C=O) groups excluding carboxylic acids is 1. The van der Waals surface area contributed by atoms with E-state index in [4.69, 9.17) is 0 Å². The second-order valence-corrected chi connectivity index (χ2v) is 3.33. The molecule has 1 aromatic heterocycles. The fourth-order valence-electron chi connectivity index (χ4n) is 1.44. The average molecular weight is 200 g/mol. The van der Waals surface area contributed by atoms with Gasteiger partial charge < -0.3 is 4.79 Å². The maximum atomic E-state index is 10.2. The van der Waals surface area contributed by atoms with Gasteiger partial charge in [-0.3, -0.25) is 0 Å². The average Bonchev–Trinajstić information content (AvgIpc) is 2.76. The molecule has 0 aliphatic rings. The van der Waals surface area contributed by atoms with Crippen molar-refractivity contribution in [2.24, 2.45) is 0 Å². The molecular weight excluding hydrogens is 188 g/mol. The molecule has 3 nitrogen and oxygen atoms in total. The van der Waals surface area contributed by atoms with Crippen molar-refractivity contribution in [1.82, 2.24) is 9.78 Å². The van der Waals surface area contributed by atoms with Crippen molar-refractivity contribution in [2.75, 3.05) is 0 Å². The topological polar surface area (TPSA) is 34.9 Å². The Balaban J connectivity index is 2.17. The number of para-hydroxylation sites is 1. The molecule has 2 rings (SSSR count). The first-order chi connectivity index (χ1) is 7.40. The predicted molar refractivity (Wildman–Crippen MR) is 57.9 cm³/mol. The molecule has 0 atom stereocenters. The van der Waals surface area contributed by atoms with E-state index in [9.17, 15) is 4.79 Å². The normalized spacial score (nSPS) is 10.1. The highest BCUT2D eigenvalue weighted by Crippen LogP contribution is 2.08. The van der Waals surface area contributed by atoms with Crippen LogP contribution in [0.4, 0.5) is 0 Å². The number of aromatic nitrogens is 2. The minimum absolute atomic E-state index is 0.556. The van der Waals surface area contributed by atoms with Gasteiger partial charge in [-0.1, -0.05) is 18.2 Å². The molecule has 3 heteroatoms. The largest absolute Gasteiger partial charge is 0.303 e. The Hall–Kier alpha value is -1.90. The highest BCUT2D eigenvalue weighted by Gasteiger charge is 1.99. The minimum atomic E-state index is 0.556. The summed E-state index contributed by atoms with van der Waals surface area (Å²) in [4.78, 5) is 10.2. The van der Waals surface area contributed by atoms with E-state index in [1.54, 1.807) is 6.20 Å². The fraction of sp³-hybridized carbons (Fsp3) is 0.167. The molecule has 1 aromatic carbocycles. The van der Waals surface area contributed by atoms with Gasteiger partial charge >= 0.3 is 0 Å². The first-order valence-electron chi connectivity index (χ1n) is 4.93. The van der Waals surface area contributed by atoms with E-state index in [0.717, 1.165) is 24.0 Å². The molecule has 0 N–H and O–H groups in total. The van der Waals surface area contributed by atoms with Gasteiger partial charge in [0.15, 0.2) is 0 Å². The Morgan fingerprint density at radius 3 is 2.80 bits per heavy atom. The predicted octanol–water partition coefficient (Wildman–Crippen LogP) is 2.00. The van der Waals surface area contributed by atoms with Crippen LogP contribution in [0.2, 0.25) is 0 Å². The third-order valence-electron chi connectivity index (χ3n) is 2.21. The van der Waals surface area contributed by atoms with E-state index in [0.29, 0.717) is 6.42 Å². The molecule has 0 spiro atoms. The smallest absolute Gasteiger partial charge is 0.120 e. The van der Waals surface area contributed by atoms with Gasteiger partial charge in [-0.05, 0) is 24.1 Å². The molecule has 0 aliphatic heterocycles. The molecule has 0 fully saturated rings. The molecule has 2 aromatic rings. The van der Waals surface area contributed by atoms with Gasteiger partial charge in [-0.25, -0.2) is 4.68 Å². The van der Waals surface area contributed by atoms with Crippen LogP contribution in [-0.2, 0) is 11.2 Å². The zero-order chi connectivity index (χ0) is 10.5. The van der Waals surface area contributed by atoms with Crippen LogP contribution in [0.5, 0.6) is 0 Å². The summed E-state index contributed by atoms with van der Waals surface area (Å²) in [6, 6.07) is 9.91. The van der Waals surface area contributed by atoms with Crippen molar-refractivity contribution in [3.05, 3.63) is 48.3 Å². The monoisotopic (exact) mass is 200 g/mol. The number of rotatable bonds is 4. The molecule has 0 amide bonds. The SMILES string of the molecule is O=CCCc1cnn(-c2ccccc2)c1. The van der Waals surface area contributed by atoms with Gasteiger partial charge in [0.05, 0.1) is 11.9 Å². The number of aryl methyl sites for hydroxylation is 1. The second kappa shape index (κ2) is 4.55. The highest BCUT2D eigenvalue weighted by atomic mass is 16.1. The lowest BCUT2D eigenvalue weighted by atomic mass is 10.2. The Morgan fingerprint density at radius 1 is 1.27 bits per heavy atom. The van der Waals surface area contributed by atoms with E-state index in [1.807, 2.05) is 41.2 Å². The summed E-state index contributed by atoms with van der Waals surface area (Å²) in [5.74, 6) is 0. The Labute approximate surface area is 88.4 Å². The van der Waals surface area contributed by atoms with Gasteiger partial charge in [0.1, 0.15) is 6.29 Å². The first kappa shape index (κ1) is 9.65. The van der Waals surface area contributed by atoms with Crippen LogP contribution in [0.15, 0.2) is 42.7 Å². The van der Waals surface area contributed by atoms with Crippen LogP contribution >= 0.6 is 0 Å². The molecule has 15 heavy (non-hydrogen) atoms. The van der Waals surface area contributed by atoms with Crippen LogP contribution in [0.3, 0.4) is 0 Å². The van der Waals surface area contributed by atoms with Crippen molar-refractivity contribution < 1.29 is 4.79 Å². The van der Waals surface area contributed by atoms with Crippen LogP contribution in [0.25, 0.3) is 5.69 Å². The first-order valence-corrected chi connectivity index (χ1v) is 4.93. The Kier molecular flexibility index (Phi) is 2.93. The third kappa shape index (κ3) is 2.31. The van der Waals surface area contributed by atoms with E-state index < -0.39 is 0 Å². The zero-order valence-electron chi connectivity index (χ0n) is 8.34. The number of benzene rings is 1. The maximum absolute atomic E-state index is 10.2. The summed E-state index contributed by atoms with van der Waals surface area (Å²) in [5.41, 5.74) is 2.13.